The molecule has 2 unspecified atom stereocenters. The minimum atomic E-state index is -3.78. The van der Waals surface area contributed by atoms with E-state index in [0.717, 1.165) is 6.42 Å². The Morgan fingerprint density at radius 1 is 1.25 bits per heavy atom. The van der Waals surface area contributed by atoms with Crippen molar-refractivity contribution < 1.29 is 17.7 Å². The van der Waals surface area contributed by atoms with Crippen molar-refractivity contribution in [1.29, 1.82) is 0 Å². The quantitative estimate of drug-likeness (QED) is 0.864. The predicted octanol–water partition coefficient (Wildman–Crippen LogP) is 2.69. The van der Waals surface area contributed by atoms with Crippen LogP contribution in [0, 0.1) is 25.7 Å². The lowest BCUT2D eigenvalue weighted by molar-refractivity contribution is -0.117. The maximum atomic E-state index is 12.4. The van der Waals surface area contributed by atoms with Gasteiger partial charge in [-0.05, 0) is 50.5 Å². The number of aromatic nitrogens is 1. The van der Waals surface area contributed by atoms with Crippen molar-refractivity contribution in [2.75, 3.05) is 10.0 Å². The van der Waals surface area contributed by atoms with E-state index in [9.17, 15) is 13.2 Å². The summed E-state index contributed by atoms with van der Waals surface area (Å²) in [6.45, 7) is 5.48. The third kappa shape index (κ3) is 3.28. The maximum Gasteiger partial charge on any atom is 0.264 e. The zero-order valence-electron chi connectivity index (χ0n) is 13.7. The van der Waals surface area contributed by atoms with Crippen LogP contribution in [0.3, 0.4) is 0 Å². The zero-order chi connectivity index (χ0) is 17.5. The van der Waals surface area contributed by atoms with Gasteiger partial charge in [-0.1, -0.05) is 12.1 Å². The van der Waals surface area contributed by atoms with Gasteiger partial charge in [0.2, 0.25) is 11.8 Å². The van der Waals surface area contributed by atoms with E-state index in [1.807, 2.05) is 6.92 Å². The van der Waals surface area contributed by atoms with Crippen molar-refractivity contribution in [2.45, 2.75) is 32.1 Å². The molecule has 0 bridgehead atoms. The van der Waals surface area contributed by atoms with Crippen LogP contribution in [-0.2, 0) is 14.8 Å². The number of nitrogens with one attached hydrogen (secondary N) is 2. The van der Waals surface area contributed by atoms with E-state index in [-0.39, 0.29) is 22.6 Å². The molecule has 24 heavy (non-hydrogen) atoms. The first kappa shape index (κ1) is 16.5. The monoisotopic (exact) mass is 349 g/mol. The third-order valence-corrected chi connectivity index (χ3v) is 5.61. The van der Waals surface area contributed by atoms with Gasteiger partial charge in [-0.2, -0.15) is 0 Å². The molecule has 0 radical (unpaired) electrons. The molecule has 8 heteroatoms. The first-order valence-electron chi connectivity index (χ1n) is 7.64. The van der Waals surface area contributed by atoms with Crippen molar-refractivity contribution >= 4 is 27.5 Å². The molecule has 1 aromatic heterocycles. The van der Waals surface area contributed by atoms with Gasteiger partial charge in [0, 0.05) is 17.2 Å². The number of carbonyl (C=O) groups is 1. The summed E-state index contributed by atoms with van der Waals surface area (Å²) in [7, 11) is -3.78. The normalized spacial score (nSPS) is 19.8. The molecule has 1 saturated carbocycles. The standard InChI is InChI=1S/C16H19N3O4S/c1-9-8-14(9)15(20)17-12-4-6-13(7-5-12)24(21,22)19-16-10(2)11(3)18-23-16/h4-7,9,14,19H,8H2,1-3H3,(H,17,20). The lowest BCUT2D eigenvalue weighted by atomic mass is 10.3. The number of amides is 1. The lowest BCUT2D eigenvalue weighted by Gasteiger charge is -2.08. The highest BCUT2D eigenvalue weighted by Gasteiger charge is 2.39. The summed E-state index contributed by atoms with van der Waals surface area (Å²) < 4.78 is 32.1. The number of rotatable bonds is 5. The predicted molar refractivity (Wildman–Crippen MR) is 89.1 cm³/mol. The molecule has 0 aliphatic heterocycles. The highest BCUT2D eigenvalue weighted by atomic mass is 32.2. The Balaban J connectivity index is 1.72. The fourth-order valence-corrected chi connectivity index (χ4v) is 3.38. The summed E-state index contributed by atoms with van der Waals surface area (Å²) in [4.78, 5) is 12.0. The number of anilines is 2. The Morgan fingerprint density at radius 3 is 2.38 bits per heavy atom. The molecular formula is C16H19N3O4S. The maximum absolute atomic E-state index is 12.4. The summed E-state index contributed by atoms with van der Waals surface area (Å²) in [6.07, 6.45) is 0.901. The van der Waals surface area contributed by atoms with Crippen LogP contribution < -0.4 is 10.0 Å². The number of hydrogen-bond acceptors (Lipinski definition) is 5. The van der Waals surface area contributed by atoms with Gasteiger partial charge in [-0.3, -0.25) is 4.79 Å². The Labute approximate surface area is 140 Å². The number of aryl methyl sites for hydroxylation is 1. The van der Waals surface area contributed by atoms with E-state index >= 15 is 0 Å². The number of hydrogen-bond donors (Lipinski definition) is 2. The van der Waals surface area contributed by atoms with Crippen LogP contribution in [0.5, 0.6) is 0 Å². The molecule has 0 spiro atoms. The van der Waals surface area contributed by atoms with Crippen molar-refractivity contribution in [3.05, 3.63) is 35.5 Å². The molecule has 128 valence electrons. The number of sulfonamides is 1. The van der Waals surface area contributed by atoms with Crippen molar-refractivity contribution in [1.82, 2.24) is 5.16 Å². The zero-order valence-corrected chi connectivity index (χ0v) is 14.5. The van der Waals surface area contributed by atoms with Crippen LogP contribution in [0.2, 0.25) is 0 Å². The van der Waals surface area contributed by atoms with Crippen LogP contribution in [0.15, 0.2) is 33.7 Å². The Kier molecular flexibility index (Phi) is 4.08. The van der Waals surface area contributed by atoms with Gasteiger partial charge in [0.15, 0.2) is 0 Å². The van der Waals surface area contributed by atoms with Crippen molar-refractivity contribution in [2.24, 2.45) is 11.8 Å². The first-order chi connectivity index (χ1) is 11.3. The fraction of sp³-hybridized carbons (Fsp3) is 0.375. The molecule has 1 aromatic carbocycles. The summed E-state index contributed by atoms with van der Waals surface area (Å²) in [6, 6.07) is 6.01. The average molecular weight is 349 g/mol. The molecule has 1 heterocycles. The summed E-state index contributed by atoms with van der Waals surface area (Å²) in [5.41, 5.74) is 1.84. The van der Waals surface area contributed by atoms with Gasteiger partial charge < -0.3 is 9.84 Å². The minimum absolute atomic E-state index is 0.0241. The van der Waals surface area contributed by atoms with Gasteiger partial charge in [-0.15, -0.1) is 0 Å². The number of nitrogens with zero attached hydrogens (tertiary/aromatic N) is 1. The number of benzene rings is 1. The molecule has 1 fully saturated rings. The highest BCUT2D eigenvalue weighted by molar-refractivity contribution is 7.92. The second-order valence-corrected chi connectivity index (χ2v) is 7.84. The van der Waals surface area contributed by atoms with Crippen molar-refractivity contribution in [3.63, 3.8) is 0 Å². The molecule has 1 aliphatic carbocycles. The van der Waals surface area contributed by atoms with Crippen LogP contribution >= 0.6 is 0 Å². The number of carbonyl (C=O) groups excluding carboxylic acids is 1. The van der Waals surface area contributed by atoms with E-state index in [4.69, 9.17) is 4.52 Å². The van der Waals surface area contributed by atoms with Gasteiger partial charge in [0.1, 0.15) is 0 Å². The Bertz CT molecular complexity index is 871. The molecule has 7 nitrogen and oxygen atoms in total. The van der Waals surface area contributed by atoms with Crippen LogP contribution in [0.25, 0.3) is 0 Å². The molecular weight excluding hydrogens is 330 g/mol. The van der Waals surface area contributed by atoms with E-state index in [2.05, 4.69) is 15.2 Å². The minimum Gasteiger partial charge on any atom is -0.337 e. The molecule has 2 N–H and O–H groups in total. The molecule has 2 aromatic rings. The van der Waals surface area contributed by atoms with Crippen molar-refractivity contribution in [3.8, 4) is 0 Å². The van der Waals surface area contributed by atoms with E-state index < -0.39 is 10.0 Å². The van der Waals surface area contributed by atoms with E-state index in [1.165, 1.54) is 12.1 Å². The average Bonchev–Trinajstić information content (AvgIpc) is 3.20. The molecule has 1 aliphatic rings. The van der Waals surface area contributed by atoms with E-state index in [0.29, 0.717) is 22.9 Å². The highest BCUT2D eigenvalue weighted by Crippen LogP contribution is 2.38. The van der Waals surface area contributed by atoms with Gasteiger partial charge in [0.25, 0.3) is 10.0 Å². The second kappa shape index (κ2) is 5.94. The lowest BCUT2D eigenvalue weighted by Crippen LogP contribution is -2.15. The Morgan fingerprint density at radius 2 is 1.88 bits per heavy atom. The van der Waals surface area contributed by atoms with Gasteiger partial charge in [0.05, 0.1) is 10.6 Å². The first-order valence-corrected chi connectivity index (χ1v) is 9.13. The summed E-state index contributed by atoms with van der Waals surface area (Å²) >= 11 is 0. The van der Waals surface area contributed by atoms with Crippen LogP contribution in [-0.4, -0.2) is 19.5 Å². The summed E-state index contributed by atoms with van der Waals surface area (Å²) in [5.74, 6) is 0.562. The second-order valence-electron chi connectivity index (χ2n) is 6.16. The van der Waals surface area contributed by atoms with E-state index in [1.54, 1.807) is 26.0 Å². The molecule has 1 amide bonds. The fourth-order valence-electron chi connectivity index (χ4n) is 2.33. The summed E-state index contributed by atoms with van der Waals surface area (Å²) in [5, 5.41) is 6.51. The third-order valence-electron chi connectivity index (χ3n) is 4.26. The van der Waals surface area contributed by atoms with Gasteiger partial charge >= 0.3 is 0 Å². The molecule has 3 rings (SSSR count). The Hall–Kier alpha value is -2.35. The smallest absolute Gasteiger partial charge is 0.264 e. The molecule has 0 saturated heterocycles. The largest absolute Gasteiger partial charge is 0.337 e. The van der Waals surface area contributed by atoms with Crippen LogP contribution in [0.4, 0.5) is 11.6 Å². The van der Waals surface area contributed by atoms with Gasteiger partial charge in [-0.25, -0.2) is 13.1 Å². The van der Waals surface area contributed by atoms with Crippen LogP contribution in [0.1, 0.15) is 24.6 Å². The topological polar surface area (TPSA) is 101 Å². The SMILES string of the molecule is Cc1noc(NS(=O)(=O)c2ccc(NC(=O)C3CC3C)cc2)c1C. The molecule has 2 atom stereocenters.